The van der Waals surface area contributed by atoms with Crippen LogP contribution in [0.25, 0.3) is 0 Å². The lowest BCUT2D eigenvalue weighted by molar-refractivity contribution is -0.384. The number of nitro benzene ring substituents is 1. The first-order chi connectivity index (χ1) is 13.4. The van der Waals surface area contributed by atoms with Crippen LogP contribution in [0.3, 0.4) is 0 Å². The fraction of sp³-hybridized carbons (Fsp3) is 0.364. The second-order valence-electron chi connectivity index (χ2n) is 7.94. The van der Waals surface area contributed by atoms with E-state index in [1.54, 1.807) is 19.1 Å². The number of esters is 1. The third-order valence-corrected chi connectivity index (χ3v) is 4.60. The first-order valence-corrected chi connectivity index (χ1v) is 9.26. The smallest absolute Gasteiger partial charge is 0.308 e. The number of carbonyl (C=O) groups excluding carboxylic acids is 2. The maximum atomic E-state index is 12.7. The van der Waals surface area contributed by atoms with Gasteiger partial charge < -0.3 is 10.1 Å². The van der Waals surface area contributed by atoms with Gasteiger partial charge in [-0.25, -0.2) is 0 Å². The molecule has 7 nitrogen and oxygen atoms in total. The molecule has 0 atom stereocenters. The quantitative estimate of drug-likeness (QED) is 0.328. The highest BCUT2D eigenvalue weighted by Gasteiger charge is 2.31. The van der Waals surface area contributed by atoms with E-state index in [1.165, 1.54) is 19.1 Å². The van der Waals surface area contributed by atoms with E-state index in [-0.39, 0.29) is 23.7 Å². The predicted octanol–water partition coefficient (Wildman–Crippen LogP) is 4.75. The first-order valence-electron chi connectivity index (χ1n) is 9.26. The summed E-state index contributed by atoms with van der Waals surface area (Å²) in [6.45, 7) is 10.6. The predicted molar refractivity (Wildman–Crippen MR) is 111 cm³/mol. The van der Waals surface area contributed by atoms with Gasteiger partial charge in [0, 0.05) is 30.4 Å². The molecule has 2 rings (SSSR count). The lowest BCUT2D eigenvalue weighted by Crippen LogP contribution is -2.28. The van der Waals surface area contributed by atoms with E-state index in [4.69, 9.17) is 4.74 Å². The average molecular weight is 398 g/mol. The van der Waals surface area contributed by atoms with Crippen molar-refractivity contribution in [1.82, 2.24) is 0 Å². The molecule has 29 heavy (non-hydrogen) atoms. The van der Waals surface area contributed by atoms with E-state index in [9.17, 15) is 19.7 Å². The summed E-state index contributed by atoms with van der Waals surface area (Å²) in [6, 6.07) is 8.39. The van der Waals surface area contributed by atoms with Crippen LogP contribution < -0.4 is 10.1 Å². The number of rotatable bonds is 6. The average Bonchev–Trinajstić information content (AvgIpc) is 2.53. The number of nitro groups is 1. The van der Waals surface area contributed by atoms with Crippen molar-refractivity contribution in [3.8, 4) is 5.75 Å². The zero-order valence-corrected chi connectivity index (χ0v) is 17.6. The van der Waals surface area contributed by atoms with Crippen LogP contribution in [0, 0.1) is 30.9 Å². The first kappa shape index (κ1) is 22.1. The molecule has 0 spiro atoms. The molecule has 0 saturated carbocycles. The van der Waals surface area contributed by atoms with Crippen molar-refractivity contribution in [2.45, 2.75) is 53.4 Å². The minimum absolute atomic E-state index is 0.0518. The molecule has 154 valence electrons. The molecule has 0 heterocycles. The van der Waals surface area contributed by atoms with Crippen molar-refractivity contribution in [1.29, 1.82) is 0 Å². The second-order valence-corrected chi connectivity index (χ2v) is 7.94. The fourth-order valence-electron chi connectivity index (χ4n) is 3.61. The van der Waals surface area contributed by atoms with E-state index in [0.717, 1.165) is 22.3 Å². The Hall–Kier alpha value is -3.22. The molecule has 0 aliphatic carbocycles. The van der Waals surface area contributed by atoms with Gasteiger partial charge in [0.25, 0.3) is 5.69 Å². The Kier molecular flexibility index (Phi) is 6.41. The van der Waals surface area contributed by atoms with E-state index >= 15 is 0 Å². The zero-order valence-electron chi connectivity index (χ0n) is 17.6. The number of amides is 1. The Labute approximate surface area is 170 Å². The minimum atomic E-state index is -0.674. The molecule has 1 N–H and O–H groups in total. The highest BCUT2D eigenvalue weighted by atomic mass is 16.6. The second kappa shape index (κ2) is 8.43. The Bertz CT molecular complexity index is 979. The Morgan fingerprint density at radius 2 is 1.76 bits per heavy atom. The van der Waals surface area contributed by atoms with Gasteiger partial charge in [0.15, 0.2) is 0 Å². The Morgan fingerprint density at radius 3 is 2.34 bits per heavy atom. The summed E-state index contributed by atoms with van der Waals surface area (Å²) in [5.41, 5.74) is 2.67. The molecule has 0 radical (unpaired) electrons. The van der Waals surface area contributed by atoms with Gasteiger partial charge >= 0.3 is 5.97 Å². The largest absolute Gasteiger partial charge is 0.426 e. The number of aryl methyl sites for hydroxylation is 3. The lowest BCUT2D eigenvalue weighted by Gasteiger charge is -2.29. The number of anilines is 1. The fourth-order valence-corrected chi connectivity index (χ4v) is 3.61. The van der Waals surface area contributed by atoms with Gasteiger partial charge in [-0.2, -0.15) is 0 Å². The van der Waals surface area contributed by atoms with Crippen molar-refractivity contribution in [3.63, 3.8) is 0 Å². The van der Waals surface area contributed by atoms with Crippen LogP contribution in [0.1, 0.15) is 49.4 Å². The molecular formula is C22H26N2O5. The number of nitrogens with zero attached hydrogens (tertiary/aromatic N) is 1. The van der Waals surface area contributed by atoms with Gasteiger partial charge in [-0.3, -0.25) is 19.7 Å². The summed E-state index contributed by atoms with van der Waals surface area (Å²) < 4.78 is 5.40. The summed E-state index contributed by atoms with van der Waals surface area (Å²) >= 11 is 0. The van der Waals surface area contributed by atoms with E-state index in [2.05, 4.69) is 5.32 Å². The van der Waals surface area contributed by atoms with Crippen LogP contribution in [0.5, 0.6) is 5.75 Å². The highest BCUT2D eigenvalue weighted by Crippen LogP contribution is 2.38. The summed E-state index contributed by atoms with van der Waals surface area (Å²) in [7, 11) is 0. The van der Waals surface area contributed by atoms with Crippen molar-refractivity contribution in [2.24, 2.45) is 0 Å². The molecule has 0 bridgehead atoms. The van der Waals surface area contributed by atoms with Crippen molar-refractivity contribution in [2.75, 3.05) is 5.32 Å². The number of carbonyl (C=O) groups is 2. The van der Waals surface area contributed by atoms with E-state index < -0.39 is 16.3 Å². The normalized spacial score (nSPS) is 11.1. The van der Waals surface area contributed by atoms with Gasteiger partial charge in [-0.15, -0.1) is 0 Å². The van der Waals surface area contributed by atoms with Crippen molar-refractivity contribution >= 4 is 23.3 Å². The van der Waals surface area contributed by atoms with Gasteiger partial charge in [0.1, 0.15) is 11.4 Å². The van der Waals surface area contributed by atoms with E-state index in [0.29, 0.717) is 5.75 Å². The molecular weight excluding hydrogens is 372 g/mol. The molecule has 0 aromatic heterocycles. The minimum Gasteiger partial charge on any atom is -0.426 e. The molecule has 0 aliphatic rings. The molecule has 1 amide bonds. The van der Waals surface area contributed by atoms with Gasteiger partial charge in [0.05, 0.1) is 4.92 Å². The van der Waals surface area contributed by atoms with Crippen LogP contribution in [0.2, 0.25) is 0 Å². The third-order valence-electron chi connectivity index (χ3n) is 4.60. The topological polar surface area (TPSA) is 98.5 Å². The zero-order chi connectivity index (χ0) is 21.9. The number of ether oxygens (including phenoxy) is 1. The maximum Gasteiger partial charge on any atom is 0.308 e. The maximum absolute atomic E-state index is 12.7. The molecule has 0 fully saturated rings. The standard InChI is InChI=1S/C22H26N2O5/c1-13-7-8-17(18(10-13)24(27)28)23-20(26)12-22(5,6)21-15(3)9-14(2)11-19(21)29-16(4)25/h7-11H,12H2,1-6H3,(H,23,26). The van der Waals surface area contributed by atoms with Gasteiger partial charge in [-0.1, -0.05) is 26.0 Å². The van der Waals surface area contributed by atoms with Crippen LogP contribution >= 0.6 is 0 Å². The van der Waals surface area contributed by atoms with E-state index in [1.807, 2.05) is 33.8 Å². The summed E-state index contributed by atoms with van der Waals surface area (Å²) in [4.78, 5) is 35.0. The van der Waals surface area contributed by atoms with Crippen molar-refractivity contribution in [3.05, 3.63) is 62.7 Å². The van der Waals surface area contributed by atoms with Crippen LogP contribution in [-0.2, 0) is 15.0 Å². The van der Waals surface area contributed by atoms with Crippen LogP contribution in [0.4, 0.5) is 11.4 Å². The number of benzene rings is 2. The lowest BCUT2D eigenvalue weighted by atomic mass is 9.78. The van der Waals surface area contributed by atoms with Crippen molar-refractivity contribution < 1.29 is 19.2 Å². The molecule has 0 saturated heterocycles. The van der Waals surface area contributed by atoms with Crippen LogP contribution in [-0.4, -0.2) is 16.8 Å². The Morgan fingerprint density at radius 1 is 1.10 bits per heavy atom. The molecule has 0 unspecified atom stereocenters. The number of hydrogen-bond donors (Lipinski definition) is 1. The molecule has 7 heteroatoms. The van der Waals surface area contributed by atoms with Gasteiger partial charge in [-0.05, 0) is 49.6 Å². The summed E-state index contributed by atoms with van der Waals surface area (Å²) in [5.74, 6) is -0.378. The summed E-state index contributed by atoms with van der Waals surface area (Å²) in [5, 5.41) is 13.9. The van der Waals surface area contributed by atoms with Crippen LogP contribution in [0.15, 0.2) is 30.3 Å². The van der Waals surface area contributed by atoms with Gasteiger partial charge in [0.2, 0.25) is 5.91 Å². The molecule has 2 aromatic carbocycles. The number of hydrogen-bond acceptors (Lipinski definition) is 5. The summed E-state index contributed by atoms with van der Waals surface area (Å²) in [6.07, 6.45) is 0.0518. The molecule has 0 aliphatic heterocycles. The molecule has 2 aromatic rings. The highest BCUT2D eigenvalue weighted by molar-refractivity contribution is 5.94. The monoisotopic (exact) mass is 398 g/mol. The third kappa shape index (κ3) is 5.40. The SMILES string of the molecule is CC(=O)Oc1cc(C)cc(C)c1C(C)(C)CC(=O)Nc1ccc(C)cc1[N+](=O)[O-]. The number of nitrogens with one attached hydrogen (secondary N) is 1. The Balaban J connectivity index is 2.34.